The Kier molecular flexibility index (Phi) is 4.39. The van der Waals surface area contributed by atoms with E-state index in [0.717, 1.165) is 5.56 Å². The number of nitro groups is 1. The Morgan fingerprint density at radius 2 is 1.89 bits per heavy atom. The summed E-state index contributed by atoms with van der Waals surface area (Å²) in [7, 11) is 0. The Bertz CT molecular complexity index is 601. The fourth-order valence-electron chi connectivity index (χ4n) is 1.50. The smallest absolute Gasteiger partial charge is 0.311 e. The molecule has 0 N–H and O–H groups in total. The number of nitro benzene ring substituents is 1. The molecule has 0 aliphatic carbocycles. The maximum Gasteiger partial charge on any atom is 0.311 e. The minimum Gasteiger partial charge on any atom is -0.450 e. The monoisotopic (exact) mass is 341 g/mol. The number of hydrogen-bond acceptors (Lipinski definition) is 3. The molecule has 0 heterocycles. The third-order valence-corrected chi connectivity index (χ3v) is 3.32. The molecule has 0 atom stereocenters. The molecule has 6 heteroatoms. The van der Waals surface area contributed by atoms with Crippen LogP contribution in [0.5, 0.6) is 11.5 Å². The fraction of sp³-hybridized carbons (Fsp3) is 0.0769. The number of halogens is 2. The summed E-state index contributed by atoms with van der Waals surface area (Å²) < 4.78 is 5.51. The minimum absolute atomic E-state index is 0.0631. The van der Waals surface area contributed by atoms with Gasteiger partial charge in [0.05, 0.1) is 4.92 Å². The fourth-order valence-corrected chi connectivity index (χ4v) is 1.98. The molecule has 0 fully saturated rings. The van der Waals surface area contributed by atoms with Crippen LogP contribution in [0.4, 0.5) is 5.69 Å². The lowest BCUT2D eigenvalue weighted by Gasteiger charge is -2.07. The van der Waals surface area contributed by atoms with E-state index < -0.39 is 4.92 Å². The molecule has 2 aromatic rings. The van der Waals surface area contributed by atoms with Crippen LogP contribution in [0.25, 0.3) is 0 Å². The van der Waals surface area contributed by atoms with Crippen molar-refractivity contribution in [3.05, 3.63) is 63.2 Å². The van der Waals surface area contributed by atoms with E-state index in [1.165, 1.54) is 6.07 Å². The normalized spacial score (nSPS) is 10.2. The van der Waals surface area contributed by atoms with Crippen LogP contribution in [-0.2, 0) is 5.33 Å². The van der Waals surface area contributed by atoms with E-state index in [1.807, 2.05) is 0 Å². The van der Waals surface area contributed by atoms with Crippen molar-refractivity contribution in [3.8, 4) is 11.5 Å². The van der Waals surface area contributed by atoms with Gasteiger partial charge in [-0.25, -0.2) is 0 Å². The van der Waals surface area contributed by atoms with E-state index in [-0.39, 0.29) is 11.4 Å². The van der Waals surface area contributed by atoms with Crippen LogP contribution in [0.1, 0.15) is 5.56 Å². The molecule has 19 heavy (non-hydrogen) atoms. The van der Waals surface area contributed by atoms with Crippen molar-refractivity contribution < 1.29 is 9.66 Å². The molecular weight excluding hydrogens is 334 g/mol. The summed E-state index contributed by atoms with van der Waals surface area (Å²) in [6, 6.07) is 11.5. The molecule has 4 nitrogen and oxygen atoms in total. The number of rotatable bonds is 4. The molecule has 0 aliphatic heterocycles. The van der Waals surface area contributed by atoms with Gasteiger partial charge in [-0.15, -0.1) is 0 Å². The Morgan fingerprint density at radius 3 is 2.47 bits per heavy atom. The van der Waals surface area contributed by atoms with Crippen LogP contribution < -0.4 is 4.74 Å². The summed E-state index contributed by atoms with van der Waals surface area (Å²) in [5, 5.41) is 12.2. The Morgan fingerprint density at radius 1 is 1.21 bits per heavy atom. The average molecular weight is 343 g/mol. The number of benzene rings is 2. The first-order chi connectivity index (χ1) is 9.10. The third kappa shape index (κ3) is 3.45. The van der Waals surface area contributed by atoms with Gasteiger partial charge in [-0.3, -0.25) is 10.1 Å². The number of alkyl halides is 1. The number of nitrogens with zero attached hydrogens (tertiary/aromatic N) is 1. The van der Waals surface area contributed by atoms with Gasteiger partial charge >= 0.3 is 5.69 Å². The van der Waals surface area contributed by atoms with E-state index in [4.69, 9.17) is 16.3 Å². The van der Waals surface area contributed by atoms with Crippen molar-refractivity contribution in [1.29, 1.82) is 0 Å². The maximum absolute atomic E-state index is 11.0. The van der Waals surface area contributed by atoms with Gasteiger partial charge in [0.25, 0.3) is 0 Å². The Balaban J connectivity index is 2.33. The van der Waals surface area contributed by atoms with E-state index >= 15 is 0 Å². The van der Waals surface area contributed by atoms with Crippen molar-refractivity contribution in [2.45, 2.75) is 5.33 Å². The van der Waals surface area contributed by atoms with Gasteiger partial charge < -0.3 is 4.74 Å². The van der Waals surface area contributed by atoms with Gasteiger partial charge in [-0.1, -0.05) is 33.6 Å². The first-order valence-electron chi connectivity index (χ1n) is 5.37. The lowest BCUT2D eigenvalue weighted by atomic mass is 10.2. The number of hydrogen-bond donors (Lipinski definition) is 0. The maximum atomic E-state index is 11.0. The molecule has 0 unspecified atom stereocenters. The van der Waals surface area contributed by atoms with Crippen LogP contribution in [0.3, 0.4) is 0 Å². The molecule has 0 spiro atoms. The van der Waals surface area contributed by atoms with E-state index in [2.05, 4.69) is 15.9 Å². The van der Waals surface area contributed by atoms with Crippen molar-refractivity contribution >= 4 is 33.2 Å². The first-order valence-corrected chi connectivity index (χ1v) is 6.87. The zero-order valence-electron chi connectivity index (χ0n) is 9.68. The summed E-state index contributed by atoms with van der Waals surface area (Å²) in [6.07, 6.45) is 0. The molecule has 0 amide bonds. The van der Waals surface area contributed by atoms with Gasteiger partial charge in [0, 0.05) is 16.4 Å². The summed E-state index contributed by atoms with van der Waals surface area (Å²) in [4.78, 5) is 10.6. The standard InChI is InChI=1S/C13H9BrClNO3/c14-8-9-1-6-13(12(7-9)16(17)18)19-11-4-2-10(15)3-5-11/h1-7H,8H2. The highest BCUT2D eigenvalue weighted by Gasteiger charge is 2.16. The molecule has 0 aliphatic rings. The molecular formula is C13H9BrClNO3. The first kappa shape index (κ1) is 13.8. The van der Waals surface area contributed by atoms with Gasteiger partial charge in [0.1, 0.15) is 5.75 Å². The van der Waals surface area contributed by atoms with E-state index in [1.54, 1.807) is 36.4 Å². The molecule has 2 aromatic carbocycles. The quantitative estimate of drug-likeness (QED) is 0.449. The van der Waals surface area contributed by atoms with E-state index in [0.29, 0.717) is 16.1 Å². The van der Waals surface area contributed by atoms with Crippen LogP contribution in [0, 0.1) is 10.1 Å². The van der Waals surface area contributed by atoms with Gasteiger partial charge in [0.2, 0.25) is 5.75 Å². The molecule has 98 valence electrons. The summed E-state index contributed by atoms with van der Waals surface area (Å²) >= 11 is 9.03. The molecule has 2 rings (SSSR count). The highest BCUT2D eigenvalue weighted by molar-refractivity contribution is 9.08. The Hall–Kier alpha value is -1.59. The van der Waals surface area contributed by atoms with Gasteiger partial charge in [0.15, 0.2) is 0 Å². The largest absolute Gasteiger partial charge is 0.450 e. The third-order valence-electron chi connectivity index (χ3n) is 2.42. The van der Waals surface area contributed by atoms with Gasteiger partial charge in [-0.2, -0.15) is 0 Å². The topological polar surface area (TPSA) is 52.4 Å². The Labute approximate surface area is 123 Å². The van der Waals surface area contributed by atoms with Crippen LogP contribution >= 0.6 is 27.5 Å². The minimum atomic E-state index is -0.461. The summed E-state index contributed by atoms with van der Waals surface area (Å²) in [5.41, 5.74) is 0.752. The zero-order valence-corrected chi connectivity index (χ0v) is 12.0. The summed E-state index contributed by atoms with van der Waals surface area (Å²) in [6.45, 7) is 0. The summed E-state index contributed by atoms with van der Waals surface area (Å²) in [5.74, 6) is 0.705. The predicted octanol–water partition coefficient (Wildman–Crippen LogP) is 4.94. The second kappa shape index (κ2) is 6.04. The van der Waals surface area contributed by atoms with E-state index in [9.17, 15) is 10.1 Å². The van der Waals surface area contributed by atoms with Crippen molar-refractivity contribution in [3.63, 3.8) is 0 Å². The molecule has 0 bridgehead atoms. The molecule has 0 aromatic heterocycles. The lowest BCUT2D eigenvalue weighted by Crippen LogP contribution is -1.94. The average Bonchev–Trinajstić information content (AvgIpc) is 2.41. The van der Waals surface area contributed by atoms with Crippen molar-refractivity contribution in [1.82, 2.24) is 0 Å². The molecule has 0 radical (unpaired) electrons. The molecule has 0 saturated carbocycles. The van der Waals surface area contributed by atoms with Gasteiger partial charge in [-0.05, 0) is 35.9 Å². The van der Waals surface area contributed by atoms with Crippen molar-refractivity contribution in [2.75, 3.05) is 0 Å². The highest BCUT2D eigenvalue weighted by atomic mass is 79.9. The zero-order chi connectivity index (χ0) is 13.8. The second-order valence-corrected chi connectivity index (χ2v) is 4.75. The van der Waals surface area contributed by atoms with Crippen LogP contribution in [0.15, 0.2) is 42.5 Å². The SMILES string of the molecule is O=[N+]([O-])c1cc(CBr)ccc1Oc1ccc(Cl)cc1. The van der Waals surface area contributed by atoms with Crippen LogP contribution in [-0.4, -0.2) is 4.92 Å². The predicted molar refractivity (Wildman–Crippen MR) is 77.3 cm³/mol. The molecule has 0 saturated heterocycles. The highest BCUT2D eigenvalue weighted by Crippen LogP contribution is 2.33. The van der Waals surface area contributed by atoms with Crippen LogP contribution in [0.2, 0.25) is 5.02 Å². The lowest BCUT2D eigenvalue weighted by molar-refractivity contribution is -0.385. The number of ether oxygens (including phenoxy) is 1. The van der Waals surface area contributed by atoms with Crippen molar-refractivity contribution in [2.24, 2.45) is 0 Å². The second-order valence-electron chi connectivity index (χ2n) is 3.75.